The molecule has 1 aliphatic heterocycles. The first-order chi connectivity index (χ1) is 13.2. The van der Waals surface area contributed by atoms with E-state index in [9.17, 15) is 10.1 Å². The van der Waals surface area contributed by atoms with Crippen LogP contribution < -0.4 is 0 Å². The van der Waals surface area contributed by atoms with Crippen LogP contribution in [0.4, 0.5) is 0 Å². The van der Waals surface area contributed by atoms with Gasteiger partial charge in [0.15, 0.2) is 0 Å². The van der Waals surface area contributed by atoms with Crippen LogP contribution in [-0.4, -0.2) is 33.4 Å². The lowest BCUT2D eigenvalue weighted by atomic mass is 9.73. The fourth-order valence-corrected chi connectivity index (χ4v) is 4.80. The van der Waals surface area contributed by atoms with Crippen molar-refractivity contribution < 1.29 is 4.79 Å². The summed E-state index contributed by atoms with van der Waals surface area (Å²) >= 11 is 0. The first kappa shape index (κ1) is 16.1. The number of piperidine rings is 1. The van der Waals surface area contributed by atoms with Crippen molar-refractivity contribution >= 4 is 16.9 Å². The van der Waals surface area contributed by atoms with Gasteiger partial charge in [-0.1, -0.05) is 6.07 Å². The molecule has 5 rings (SSSR count). The van der Waals surface area contributed by atoms with E-state index >= 15 is 0 Å². The molecule has 1 N–H and O–H groups in total. The van der Waals surface area contributed by atoms with Crippen LogP contribution in [-0.2, 0) is 6.42 Å². The lowest BCUT2D eigenvalue weighted by Gasteiger charge is -2.45. The Bertz CT molecular complexity index is 1080. The van der Waals surface area contributed by atoms with E-state index in [1.54, 1.807) is 6.33 Å². The van der Waals surface area contributed by atoms with Crippen LogP contribution in [0.5, 0.6) is 0 Å². The number of carbonyl (C=O) groups is 1. The van der Waals surface area contributed by atoms with Crippen LogP contribution in [0, 0.1) is 11.3 Å². The summed E-state index contributed by atoms with van der Waals surface area (Å²) < 4.78 is 0. The smallest absolute Gasteiger partial charge is 0.254 e. The summed E-state index contributed by atoms with van der Waals surface area (Å²) in [6, 6.07) is 14.2. The van der Waals surface area contributed by atoms with Gasteiger partial charge in [0, 0.05) is 24.1 Å². The van der Waals surface area contributed by atoms with Crippen molar-refractivity contribution in [3.63, 3.8) is 0 Å². The Morgan fingerprint density at radius 2 is 2.15 bits per heavy atom. The monoisotopic (exact) mass is 356 g/mol. The molecule has 134 valence electrons. The highest BCUT2D eigenvalue weighted by Gasteiger charge is 2.38. The van der Waals surface area contributed by atoms with Gasteiger partial charge in [-0.25, -0.2) is 4.98 Å². The Kier molecular flexibility index (Phi) is 3.71. The number of aryl methyl sites for hydroxylation is 1. The second-order valence-electron chi connectivity index (χ2n) is 7.51. The molecule has 1 amide bonds. The summed E-state index contributed by atoms with van der Waals surface area (Å²) in [5, 5.41) is 9.27. The summed E-state index contributed by atoms with van der Waals surface area (Å²) in [5.74, 6) is 0.420. The minimum atomic E-state index is 0.0921. The number of benzene rings is 2. The number of rotatable bonds is 1. The van der Waals surface area contributed by atoms with Gasteiger partial charge in [-0.05, 0) is 67.1 Å². The van der Waals surface area contributed by atoms with Crippen molar-refractivity contribution in [2.75, 3.05) is 6.54 Å². The summed E-state index contributed by atoms with van der Waals surface area (Å²) in [5.41, 5.74) is 5.78. The highest BCUT2D eigenvalue weighted by molar-refractivity contribution is 5.97. The molecule has 0 bridgehead atoms. The highest BCUT2D eigenvalue weighted by Crippen LogP contribution is 2.41. The zero-order valence-electron chi connectivity index (χ0n) is 15.0. The van der Waals surface area contributed by atoms with Gasteiger partial charge in [0.2, 0.25) is 0 Å². The molecule has 5 heteroatoms. The number of hydrogen-bond acceptors (Lipinski definition) is 3. The van der Waals surface area contributed by atoms with E-state index in [0.717, 1.165) is 43.3 Å². The van der Waals surface area contributed by atoms with Gasteiger partial charge in [0.1, 0.15) is 0 Å². The van der Waals surface area contributed by atoms with Gasteiger partial charge in [0.05, 0.1) is 29.0 Å². The first-order valence-electron chi connectivity index (χ1n) is 9.51. The third-order valence-electron chi connectivity index (χ3n) is 6.09. The zero-order valence-corrected chi connectivity index (χ0v) is 15.0. The van der Waals surface area contributed by atoms with Crippen molar-refractivity contribution in [2.24, 2.45) is 0 Å². The number of amides is 1. The van der Waals surface area contributed by atoms with Gasteiger partial charge < -0.3 is 9.88 Å². The molecule has 0 unspecified atom stereocenters. The van der Waals surface area contributed by atoms with Crippen molar-refractivity contribution in [1.82, 2.24) is 14.9 Å². The number of likely N-dealkylation sites (tertiary alicyclic amines) is 1. The Morgan fingerprint density at radius 3 is 3.04 bits per heavy atom. The van der Waals surface area contributed by atoms with Gasteiger partial charge in [-0.15, -0.1) is 0 Å². The van der Waals surface area contributed by atoms with Crippen molar-refractivity contribution in [1.29, 1.82) is 5.26 Å². The predicted octanol–water partition coefficient (Wildman–Crippen LogP) is 3.77. The van der Waals surface area contributed by atoms with Crippen LogP contribution in [0.2, 0.25) is 0 Å². The summed E-state index contributed by atoms with van der Waals surface area (Å²) in [6.45, 7) is 0.797. The number of aromatic amines is 1. The molecule has 2 atom stereocenters. The normalized spacial score (nSPS) is 21.4. The van der Waals surface area contributed by atoms with Crippen LogP contribution in [0.25, 0.3) is 11.0 Å². The molecule has 0 saturated carbocycles. The Morgan fingerprint density at radius 1 is 1.22 bits per heavy atom. The van der Waals surface area contributed by atoms with Crippen molar-refractivity contribution in [2.45, 2.75) is 37.6 Å². The number of aromatic nitrogens is 2. The standard InChI is InChI=1S/C22H20N4O/c23-12-14-3-4-15-6-8-21-17(18(15)10-14)2-1-9-26(21)22(27)16-5-7-19-20(11-16)25-13-24-19/h3-5,7,10-11,13,17,21H,1-2,6,8-9H2,(H,24,25)/t17-,21+/m0/s1. The van der Waals surface area contributed by atoms with Crippen LogP contribution in [0.15, 0.2) is 42.7 Å². The lowest BCUT2D eigenvalue weighted by Crippen LogP contribution is -2.49. The lowest BCUT2D eigenvalue weighted by molar-refractivity contribution is 0.0547. The fraction of sp³-hybridized carbons (Fsp3) is 0.318. The maximum Gasteiger partial charge on any atom is 0.254 e. The molecule has 0 radical (unpaired) electrons. The number of fused-ring (bicyclic) bond motifs is 4. The van der Waals surface area contributed by atoms with E-state index in [4.69, 9.17) is 0 Å². The minimum Gasteiger partial charge on any atom is -0.345 e. The SMILES string of the molecule is N#Cc1ccc2c(c1)[C@@H]1CCCN(C(=O)c3ccc4[nH]cnc4c3)[C@@H]1CC2. The molecule has 3 aromatic rings. The molecule has 5 nitrogen and oxygen atoms in total. The second-order valence-corrected chi connectivity index (χ2v) is 7.51. The number of hydrogen-bond donors (Lipinski definition) is 1. The van der Waals surface area contributed by atoms with E-state index in [0.29, 0.717) is 17.0 Å². The third kappa shape index (κ3) is 2.60. The zero-order chi connectivity index (χ0) is 18.4. The highest BCUT2D eigenvalue weighted by atomic mass is 16.2. The summed E-state index contributed by atoms with van der Waals surface area (Å²) in [6.07, 6.45) is 5.67. The topological polar surface area (TPSA) is 72.8 Å². The number of nitrogens with zero attached hydrogens (tertiary/aromatic N) is 3. The molecule has 27 heavy (non-hydrogen) atoms. The first-order valence-corrected chi connectivity index (χ1v) is 9.51. The molecule has 2 aromatic carbocycles. The van der Waals surface area contributed by atoms with Gasteiger partial charge in [-0.3, -0.25) is 4.79 Å². The number of H-pyrrole nitrogens is 1. The Hall–Kier alpha value is -3.13. The molecule has 1 fully saturated rings. The predicted molar refractivity (Wildman–Crippen MR) is 102 cm³/mol. The van der Waals surface area contributed by atoms with Crippen molar-refractivity contribution in [3.8, 4) is 6.07 Å². The fourth-order valence-electron chi connectivity index (χ4n) is 4.80. The number of nitrogens with one attached hydrogen (secondary N) is 1. The Labute approximate surface area is 157 Å². The summed E-state index contributed by atoms with van der Waals surface area (Å²) in [7, 11) is 0. The van der Waals surface area contributed by atoms with Gasteiger partial charge >= 0.3 is 0 Å². The van der Waals surface area contributed by atoms with Gasteiger partial charge in [-0.2, -0.15) is 5.26 Å². The van der Waals surface area contributed by atoms with E-state index in [2.05, 4.69) is 27.0 Å². The average Bonchev–Trinajstić information content (AvgIpc) is 3.20. The summed E-state index contributed by atoms with van der Waals surface area (Å²) in [4.78, 5) is 22.7. The number of carbonyl (C=O) groups excluding carboxylic acids is 1. The second kappa shape index (κ2) is 6.24. The van der Waals surface area contributed by atoms with E-state index in [1.165, 1.54) is 11.1 Å². The Balaban J connectivity index is 1.49. The molecule has 0 spiro atoms. The number of nitriles is 1. The third-order valence-corrected chi connectivity index (χ3v) is 6.09. The van der Waals surface area contributed by atoms with E-state index in [-0.39, 0.29) is 11.9 Å². The van der Waals surface area contributed by atoms with E-state index < -0.39 is 0 Å². The maximum absolute atomic E-state index is 13.3. The molecular weight excluding hydrogens is 336 g/mol. The van der Waals surface area contributed by atoms with Crippen LogP contribution in [0.1, 0.15) is 52.2 Å². The minimum absolute atomic E-state index is 0.0921. The molecule has 2 heterocycles. The molecule has 2 aliphatic rings. The largest absolute Gasteiger partial charge is 0.345 e. The van der Waals surface area contributed by atoms with Crippen LogP contribution in [0.3, 0.4) is 0 Å². The molecule has 1 saturated heterocycles. The number of imidazole rings is 1. The molecule has 1 aliphatic carbocycles. The van der Waals surface area contributed by atoms with Gasteiger partial charge in [0.25, 0.3) is 5.91 Å². The quantitative estimate of drug-likeness (QED) is 0.721. The van der Waals surface area contributed by atoms with Crippen molar-refractivity contribution in [3.05, 3.63) is 65.0 Å². The maximum atomic E-state index is 13.3. The average molecular weight is 356 g/mol. The molecule has 1 aromatic heterocycles. The molecular formula is C22H20N4O. The van der Waals surface area contributed by atoms with Crippen LogP contribution >= 0.6 is 0 Å². The van der Waals surface area contributed by atoms with E-state index in [1.807, 2.05) is 30.3 Å².